The molecule has 0 fully saturated rings. The van der Waals surface area contributed by atoms with Crippen LogP contribution in [0.1, 0.15) is 25.3 Å². The fourth-order valence-electron chi connectivity index (χ4n) is 2.49. The van der Waals surface area contributed by atoms with Crippen molar-refractivity contribution in [2.75, 3.05) is 33.4 Å². The van der Waals surface area contributed by atoms with Crippen molar-refractivity contribution in [1.29, 1.82) is 0 Å². The molecule has 0 amide bonds. The van der Waals surface area contributed by atoms with E-state index in [1.807, 2.05) is 41.2 Å². The Morgan fingerprint density at radius 2 is 2.04 bits per heavy atom. The van der Waals surface area contributed by atoms with Gasteiger partial charge in [-0.1, -0.05) is 12.1 Å². The van der Waals surface area contributed by atoms with E-state index in [9.17, 15) is 0 Å². The van der Waals surface area contributed by atoms with Gasteiger partial charge in [-0.3, -0.25) is 9.67 Å². The fourth-order valence-corrected chi connectivity index (χ4v) is 2.49. The summed E-state index contributed by atoms with van der Waals surface area (Å²) in [6.07, 6.45) is 5.65. The maximum Gasteiger partial charge on any atom is 0.191 e. The second kappa shape index (κ2) is 12.8. The second-order valence-corrected chi connectivity index (χ2v) is 6.06. The average Bonchev–Trinajstić information content (AvgIpc) is 3.21. The summed E-state index contributed by atoms with van der Waals surface area (Å²) in [4.78, 5) is 4.60. The molecule has 0 saturated heterocycles. The smallest absolute Gasteiger partial charge is 0.191 e. The minimum Gasteiger partial charge on any atom is -0.497 e. The molecule has 7 nitrogen and oxygen atoms in total. The number of aromatic nitrogens is 2. The Labute approximate surface area is 161 Å². The molecule has 7 heteroatoms. The van der Waals surface area contributed by atoms with Gasteiger partial charge < -0.3 is 20.1 Å². The Kier molecular flexibility index (Phi) is 9.81. The Hall–Kier alpha value is -2.54. The summed E-state index contributed by atoms with van der Waals surface area (Å²) in [7, 11) is 1.67. The number of ether oxygens (including phenoxy) is 2. The van der Waals surface area contributed by atoms with E-state index in [1.54, 1.807) is 13.3 Å². The summed E-state index contributed by atoms with van der Waals surface area (Å²) in [6.45, 7) is 6.72. The summed E-state index contributed by atoms with van der Waals surface area (Å²) in [5, 5.41) is 10.8. The molecule has 0 unspecified atom stereocenters. The zero-order chi connectivity index (χ0) is 19.2. The van der Waals surface area contributed by atoms with E-state index < -0.39 is 0 Å². The van der Waals surface area contributed by atoms with Crippen LogP contribution in [0, 0.1) is 0 Å². The highest BCUT2D eigenvalue weighted by Gasteiger charge is 1.98. The summed E-state index contributed by atoms with van der Waals surface area (Å²) < 4.78 is 12.8. The molecule has 2 aromatic rings. The van der Waals surface area contributed by atoms with Crippen LogP contribution in [0.5, 0.6) is 5.75 Å². The highest BCUT2D eigenvalue weighted by atomic mass is 16.5. The molecule has 0 aliphatic rings. The monoisotopic (exact) mass is 373 g/mol. The molecule has 0 saturated carbocycles. The molecule has 1 aromatic carbocycles. The maximum atomic E-state index is 5.72. The van der Waals surface area contributed by atoms with Crippen LogP contribution in [-0.2, 0) is 17.9 Å². The van der Waals surface area contributed by atoms with Crippen molar-refractivity contribution in [3.05, 3.63) is 48.3 Å². The van der Waals surface area contributed by atoms with Crippen LogP contribution in [0.2, 0.25) is 0 Å². The van der Waals surface area contributed by atoms with Crippen molar-refractivity contribution < 1.29 is 9.47 Å². The van der Waals surface area contributed by atoms with Crippen LogP contribution < -0.4 is 15.4 Å². The Balaban J connectivity index is 1.56. The molecule has 1 heterocycles. The van der Waals surface area contributed by atoms with Crippen molar-refractivity contribution in [1.82, 2.24) is 20.4 Å². The minimum atomic E-state index is 0.617. The number of hydrogen-bond acceptors (Lipinski definition) is 4. The number of nitrogens with one attached hydrogen (secondary N) is 2. The molecule has 0 aliphatic carbocycles. The molecule has 0 spiro atoms. The van der Waals surface area contributed by atoms with Crippen molar-refractivity contribution >= 4 is 5.96 Å². The number of nitrogens with zero attached hydrogens (tertiary/aromatic N) is 3. The number of benzene rings is 1. The number of guanidine groups is 1. The van der Waals surface area contributed by atoms with Gasteiger partial charge in [-0.25, -0.2) is 0 Å². The first kappa shape index (κ1) is 20.8. The Morgan fingerprint density at radius 3 is 2.74 bits per heavy atom. The molecule has 0 bridgehead atoms. The third-order valence-electron chi connectivity index (χ3n) is 3.90. The lowest BCUT2D eigenvalue weighted by molar-refractivity contribution is 0.119. The molecular formula is C20H31N5O2. The number of rotatable bonds is 12. The third kappa shape index (κ3) is 8.59. The number of hydrogen-bond donors (Lipinski definition) is 2. The van der Waals surface area contributed by atoms with Gasteiger partial charge in [0.15, 0.2) is 5.96 Å². The van der Waals surface area contributed by atoms with Gasteiger partial charge in [0.1, 0.15) is 5.75 Å². The van der Waals surface area contributed by atoms with Gasteiger partial charge in [0.05, 0.1) is 13.7 Å². The second-order valence-electron chi connectivity index (χ2n) is 6.06. The van der Waals surface area contributed by atoms with Crippen LogP contribution in [0.15, 0.2) is 47.7 Å². The van der Waals surface area contributed by atoms with Crippen LogP contribution >= 0.6 is 0 Å². The van der Waals surface area contributed by atoms with E-state index in [0.717, 1.165) is 56.3 Å². The zero-order valence-electron chi connectivity index (χ0n) is 16.4. The zero-order valence-corrected chi connectivity index (χ0v) is 16.4. The summed E-state index contributed by atoms with van der Waals surface area (Å²) in [5.41, 5.74) is 1.15. The van der Waals surface area contributed by atoms with E-state index in [1.165, 1.54) is 0 Å². The van der Waals surface area contributed by atoms with Crippen molar-refractivity contribution in [3.8, 4) is 5.75 Å². The van der Waals surface area contributed by atoms with Crippen molar-refractivity contribution in [2.45, 2.75) is 32.9 Å². The van der Waals surface area contributed by atoms with Crippen LogP contribution in [0.4, 0.5) is 0 Å². The first-order valence-electron chi connectivity index (χ1n) is 9.52. The van der Waals surface area contributed by atoms with E-state index in [4.69, 9.17) is 9.47 Å². The third-order valence-corrected chi connectivity index (χ3v) is 3.90. The highest BCUT2D eigenvalue weighted by molar-refractivity contribution is 5.79. The summed E-state index contributed by atoms with van der Waals surface area (Å²) in [6, 6.07) is 9.88. The molecule has 148 valence electrons. The maximum absolute atomic E-state index is 5.72. The lowest BCUT2D eigenvalue weighted by Crippen LogP contribution is -2.38. The number of methoxy groups -OCH3 is 1. The first-order valence-corrected chi connectivity index (χ1v) is 9.52. The predicted molar refractivity (Wildman–Crippen MR) is 108 cm³/mol. The standard InChI is InChI=1S/C20H31N5O2/c1-3-21-20(22-11-4-14-25-15-5-13-24-25)23-12-6-16-27-17-18-7-9-19(26-2)10-8-18/h5,7-10,13,15H,3-4,6,11-12,14,16-17H2,1-2H3,(H2,21,22,23). The lowest BCUT2D eigenvalue weighted by atomic mass is 10.2. The van der Waals surface area contributed by atoms with Gasteiger partial charge in [-0.15, -0.1) is 0 Å². The highest BCUT2D eigenvalue weighted by Crippen LogP contribution is 2.11. The van der Waals surface area contributed by atoms with E-state index in [-0.39, 0.29) is 0 Å². The molecule has 2 N–H and O–H groups in total. The van der Waals surface area contributed by atoms with E-state index in [0.29, 0.717) is 13.2 Å². The molecule has 0 radical (unpaired) electrons. The minimum absolute atomic E-state index is 0.617. The predicted octanol–water partition coefficient (Wildman–Crippen LogP) is 2.44. The van der Waals surface area contributed by atoms with Gasteiger partial charge in [-0.05, 0) is 43.5 Å². The molecular weight excluding hydrogens is 342 g/mol. The Bertz CT molecular complexity index is 641. The molecule has 27 heavy (non-hydrogen) atoms. The fraction of sp³-hybridized carbons (Fsp3) is 0.500. The van der Waals surface area contributed by atoms with E-state index >= 15 is 0 Å². The SMILES string of the molecule is CCNC(=NCCCn1cccn1)NCCCOCc1ccc(OC)cc1. The number of aryl methyl sites for hydroxylation is 1. The normalized spacial score (nSPS) is 11.4. The largest absolute Gasteiger partial charge is 0.497 e. The van der Waals surface area contributed by atoms with E-state index in [2.05, 4.69) is 27.6 Å². The van der Waals surface area contributed by atoms with Crippen molar-refractivity contribution in [2.24, 2.45) is 4.99 Å². The lowest BCUT2D eigenvalue weighted by Gasteiger charge is -2.11. The first-order chi connectivity index (χ1) is 13.3. The molecule has 2 rings (SSSR count). The topological polar surface area (TPSA) is 72.7 Å². The van der Waals surface area contributed by atoms with Gasteiger partial charge >= 0.3 is 0 Å². The summed E-state index contributed by atoms with van der Waals surface area (Å²) >= 11 is 0. The van der Waals surface area contributed by atoms with Crippen LogP contribution in [-0.4, -0.2) is 49.1 Å². The number of aliphatic imine (C=N–C) groups is 1. The molecule has 0 aliphatic heterocycles. The van der Waals surface area contributed by atoms with Gasteiger partial charge in [-0.2, -0.15) is 5.10 Å². The van der Waals surface area contributed by atoms with Gasteiger partial charge in [0.2, 0.25) is 0 Å². The van der Waals surface area contributed by atoms with Crippen LogP contribution in [0.3, 0.4) is 0 Å². The molecule has 1 aromatic heterocycles. The molecule has 0 atom stereocenters. The van der Waals surface area contributed by atoms with Gasteiger partial charge in [0.25, 0.3) is 0 Å². The summed E-state index contributed by atoms with van der Waals surface area (Å²) in [5.74, 6) is 1.72. The average molecular weight is 374 g/mol. The van der Waals surface area contributed by atoms with Gasteiger partial charge in [0, 0.05) is 45.2 Å². The quantitative estimate of drug-likeness (QED) is 0.340. The van der Waals surface area contributed by atoms with Crippen LogP contribution in [0.25, 0.3) is 0 Å². The van der Waals surface area contributed by atoms with Crippen molar-refractivity contribution in [3.63, 3.8) is 0 Å². The Morgan fingerprint density at radius 1 is 1.19 bits per heavy atom.